The number of phenols is 1. The summed E-state index contributed by atoms with van der Waals surface area (Å²) in [5.41, 5.74) is 1.14. The molecule has 0 unspecified atom stereocenters. The summed E-state index contributed by atoms with van der Waals surface area (Å²) in [4.78, 5) is 0. The van der Waals surface area contributed by atoms with Gasteiger partial charge in [0.1, 0.15) is 0 Å². The lowest BCUT2D eigenvalue weighted by Gasteiger charge is -2.37. The molecule has 3 heteroatoms. The van der Waals surface area contributed by atoms with E-state index in [1.54, 1.807) is 6.07 Å². The van der Waals surface area contributed by atoms with E-state index >= 15 is 0 Å². The lowest BCUT2D eigenvalue weighted by atomic mass is 9.71. The second kappa shape index (κ2) is 5.40. The molecule has 0 spiro atoms. The van der Waals surface area contributed by atoms with Crippen molar-refractivity contribution in [2.24, 2.45) is 11.3 Å². The van der Waals surface area contributed by atoms with E-state index in [0.717, 1.165) is 24.4 Å². The van der Waals surface area contributed by atoms with Gasteiger partial charge in [0, 0.05) is 17.8 Å². The van der Waals surface area contributed by atoms with Crippen molar-refractivity contribution in [2.45, 2.75) is 52.5 Å². The molecule has 0 aromatic heterocycles. The molecule has 106 valence electrons. The van der Waals surface area contributed by atoms with E-state index < -0.39 is 5.82 Å². The summed E-state index contributed by atoms with van der Waals surface area (Å²) in [5.74, 6) is -0.0718. The molecule has 2 rings (SSSR count). The zero-order chi connectivity index (χ0) is 14.0. The molecule has 0 amide bonds. The van der Waals surface area contributed by atoms with Crippen molar-refractivity contribution in [3.8, 4) is 5.75 Å². The van der Waals surface area contributed by atoms with E-state index in [1.807, 2.05) is 0 Å². The van der Waals surface area contributed by atoms with Crippen LogP contribution in [0.1, 0.15) is 46.5 Å². The summed E-state index contributed by atoms with van der Waals surface area (Å²) in [6.45, 7) is 6.92. The number of nitrogens with one attached hydrogen (secondary N) is 1. The number of hydrogen-bond acceptors (Lipinski definition) is 2. The molecule has 0 aliphatic heterocycles. The van der Waals surface area contributed by atoms with Crippen LogP contribution in [0.4, 0.5) is 10.1 Å². The molecule has 2 N–H and O–H groups in total. The Morgan fingerprint density at radius 3 is 2.32 bits per heavy atom. The van der Waals surface area contributed by atoms with E-state index in [1.165, 1.54) is 25.0 Å². The van der Waals surface area contributed by atoms with Crippen LogP contribution in [0.15, 0.2) is 18.2 Å². The highest BCUT2D eigenvalue weighted by Gasteiger charge is 2.29. The van der Waals surface area contributed by atoms with Gasteiger partial charge < -0.3 is 10.4 Å². The summed E-state index contributed by atoms with van der Waals surface area (Å²) in [5, 5.41) is 12.5. The maximum Gasteiger partial charge on any atom is 0.166 e. The van der Waals surface area contributed by atoms with E-state index in [4.69, 9.17) is 0 Å². The van der Waals surface area contributed by atoms with Crippen LogP contribution in [-0.4, -0.2) is 11.1 Å². The number of aromatic hydroxyl groups is 1. The Morgan fingerprint density at radius 2 is 1.79 bits per heavy atom. The third-order valence-corrected chi connectivity index (χ3v) is 4.27. The number of rotatable bonds is 2. The number of anilines is 1. The lowest BCUT2D eigenvalue weighted by molar-refractivity contribution is 0.173. The number of halogens is 1. The van der Waals surface area contributed by atoms with Crippen LogP contribution in [0, 0.1) is 17.2 Å². The molecule has 1 aromatic rings. The third kappa shape index (κ3) is 3.62. The lowest BCUT2D eigenvalue weighted by Crippen LogP contribution is -2.31. The van der Waals surface area contributed by atoms with Gasteiger partial charge in [0.25, 0.3) is 0 Å². The fourth-order valence-corrected chi connectivity index (χ4v) is 2.94. The number of benzene rings is 1. The molecule has 1 aliphatic rings. The van der Waals surface area contributed by atoms with Crippen molar-refractivity contribution in [3.05, 3.63) is 24.0 Å². The highest BCUT2D eigenvalue weighted by molar-refractivity contribution is 5.47. The smallest absolute Gasteiger partial charge is 0.166 e. The largest absolute Gasteiger partial charge is 0.505 e. The summed E-state index contributed by atoms with van der Waals surface area (Å²) in [6, 6.07) is 4.92. The summed E-state index contributed by atoms with van der Waals surface area (Å²) < 4.78 is 13.3. The van der Waals surface area contributed by atoms with Gasteiger partial charge in [-0.25, -0.2) is 4.39 Å². The Morgan fingerprint density at radius 1 is 1.16 bits per heavy atom. The minimum Gasteiger partial charge on any atom is -0.505 e. The van der Waals surface area contributed by atoms with Crippen LogP contribution in [-0.2, 0) is 0 Å². The molecule has 1 aliphatic carbocycles. The van der Waals surface area contributed by atoms with Crippen LogP contribution in [0.25, 0.3) is 0 Å². The SMILES string of the molecule is CC(C)(C)C1CCC(Nc2ccc(O)c(F)c2)CC1. The summed E-state index contributed by atoms with van der Waals surface area (Å²) in [6.07, 6.45) is 4.71. The first-order chi connectivity index (χ1) is 8.86. The van der Waals surface area contributed by atoms with Gasteiger partial charge in [0.05, 0.1) is 0 Å². The molecule has 1 fully saturated rings. The molecule has 0 bridgehead atoms. The predicted octanol–water partition coefficient (Wildman–Crippen LogP) is 4.55. The Labute approximate surface area is 115 Å². The minimum absolute atomic E-state index is 0.290. The first-order valence-corrected chi connectivity index (χ1v) is 7.11. The Kier molecular flexibility index (Phi) is 4.02. The molecule has 2 nitrogen and oxygen atoms in total. The summed E-state index contributed by atoms with van der Waals surface area (Å²) >= 11 is 0. The van der Waals surface area contributed by atoms with E-state index in [0.29, 0.717) is 11.5 Å². The molecule has 1 aromatic carbocycles. The van der Waals surface area contributed by atoms with E-state index in [-0.39, 0.29) is 5.75 Å². The zero-order valence-corrected chi connectivity index (χ0v) is 12.0. The van der Waals surface area contributed by atoms with Gasteiger partial charge in [-0.3, -0.25) is 0 Å². The molecular formula is C16H24FNO. The van der Waals surface area contributed by atoms with E-state index in [2.05, 4.69) is 26.1 Å². The Bertz CT molecular complexity index is 431. The van der Waals surface area contributed by atoms with Gasteiger partial charge in [-0.15, -0.1) is 0 Å². The van der Waals surface area contributed by atoms with Gasteiger partial charge in [-0.05, 0) is 49.1 Å². The van der Waals surface area contributed by atoms with Gasteiger partial charge in [0.2, 0.25) is 0 Å². The standard InChI is InChI=1S/C16H24FNO/c1-16(2,3)11-4-6-12(7-5-11)18-13-8-9-15(19)14(17)10-13/h8-12,18-19H,4-7H2,1-3H3. The van der Waals surface area contributed by atoms with Crippen molar-refractivity contribution >= 4 is 5.69 Å². The van der Waals surface area contributed by atoms with Crippen LogP contribution < -0.4 is 5.32 Å². The monoisotopic (exact) mass is 265 g/mol. The first kappa shape index (κ1) is 14.2. The second-order valence-corrected chi connectivity index (χ2v) is 6.73. The Hall–Kier alpha value is -1.25. The number of phenolic OH excluding ortho intramolecular Hbond substituents is 1. The zero-order valence-electron chi connectivity index (χ0n) is 12.0. The van der Waals surface area contributed by atoms with Gasteiger partial charge in [0.15, 0.2) is 11.6 Å². The summed E-state index contributed by atoms with van der Waals surface area (Å²) in [7, 11) is 0. The number of hydrogen-bond donors (Lipinski definition) is 2. The average Bonchev–Trinajstić information content (AvgIpc) is 2.33. The van der Waals surface area contributed by atoms with Crippen molar-refractivity contribution in [1.82, 2.24) is 0 Å². The normalized spacial score (nSPS) is 24.2. The molecule has 0 saturated heterocycles. The quantitative estimate of drug-likeness (QED) is 0.769. The van der Waals surface area contributed by atoms with Crippen LogP contribution in [0.2, 0.25) is 0 Å². The van der Waals surface area contributed by atoms with Crippen molar-refractivity contribution < 1.29 is 9.50 Å². The molecule has 19 heavy (non-hydrogen) atoms. The first-order valence-electron chi connectivity index (χ1n) is 7.11. The second-order valence-electron chi connectivity index (χ2n) is 6.73. The molecule has 1 saturated carbocycles. The predicted molar refractivity (Wildman–Crippen MR) is 76.9 cm³/mol. The third-order valence-electron chi connectivity index (χ3n) is 4.27. The Balaban J connectivity index is 1.90. The molecule has 0 atom stereocenters. The van der Waals surface area contributed by atoms with Crippen molar-refractivity contribution in [3.63, 3.8) is 0 Å². The maximum absolute atomic E-state index is 13.3. The van der Waals surface area contributed by atoms with Crippen molar-refractivity contribution in [1.29, 1.82) is 0 Å². The topological polar surface area (TPSA) is 32.3 Å². The highest BCUT2D eigenvalue weighted by Crippen LogP contribution is 2.38. The van der Waals surface area contributed by atoms with Crippen LogP contribution >= 0.6 is 0 Å². The average molecular weight is 265 g/mol. The fraction of sp³-hybridized carbons (Fsp3) is 0.625. The molecule has 0 heterocycles. The minimum atomic E-state index is -0.562. The van der Waals surface area contributed by atoms with E-state index in [9.17, 15) is 9.50 Å². The van der Waals surface area contributed by atoms with Crippen molar-refractivity contribution in [2.75, 3.05) is 5.32 Å². The fourth-order valence-electron chi connectivity index (χ4n) is 2.94. The van der Waals surface area contributed by atoms with Crippen LogP contribution in [0.5, 0.6) is 5.75 Å². The molecule has 0 radical (unpaired) electrons. The highest BCUT2D eigenvalue weighted by atomic mass is 19.1. The maximum atomic E-state index is 13.3. The van der Waals surface area contributed by atoms with Gasteiger partial charge >= 0.3 is 0 Å². The van der Waals surface area contributed by atoms with Crippen LogP contribution in [0.3, 0.4) is 0 Å². The van der Waals surface area contributed by atoms with Gasteiger partial charge in [-0.1, -0.05) is 20.8 Å². The molecular weight excluding hydrogens is 241 g/mol. The van der Waals surface area contributed by atoms with Gasteiger partial charge in [-0.2, -0.15) is 0 Å².